The minimum atomic E-state index is 0.753. The van der Waals surface area contributed by atoms with Crippen molar-refractivity contribution in [3.05, 3.63) is 47.4 Å². The molecule has 1 aliphatic heterocycles. The molecule has 1 saturated heterocycles. The van der Waals surface area contributed by atoms with Crippen LogP contribution in [0.1, 0.15) is 29.9 Å². The Labute approximate surface area is 119 Å². The Morgan fingerprint density at radius 3 is 2.50 bits per heavy atom. The highest BCUT2D eigenvalue weighted by Gasteiger charge is 2.15. The van der Waals surface area contributed by atoms with E-state index in [1.54, 1.807) is 0 Å². The van der Waals surface area contributed by atoms with E-state index in [0.717, 1.165) is 42.5 Å². The van der Waals surface area contributed by atoms with Crippen LogP contribution in [0.5, 0.6) is 0 Å². The van der Waals surface area contributed by atoms with Crippen LogP contribution in [0.15, 0.2) is 30.3 Å². The number of benzene rings is 1. The predicted molar refractivity (Wildman–Crippen MR) is 81.9 cm³/mol. The Kier molecular flexibility index (Phi) is 3.54. The van der Waals surface area contributed by atoms with Gasteiger partial charge in [0.2, 0.25) is 0 Å². The molecule has 1 aromatic heterocycles. The molecule has 1 aromatic carbocycles. The van der Waals surface area contributed by atoms with E-state index in [2.05, 4.69) is 16.0 Å². The molecule has 1 fully saturated rings. The van der Waals surface area contributed by atoms with Gasteiger partial charge in [0, 0.05) is 37.0 Å². The second-order valence-corrected chi connectivity index (χ2v) is 5.40. The summed E-state index contributed by atoms with van der Waals surface area (Å²) >= 11 is 0. The lowest BCUT2D eigenvalue weighted by atomic mass is 10.1. The topological polar surface area (TPSA) is 55.0 Å². The maximum atomic E-state index is 5.71. The second kappa shape index (κ2) is 5.49. The van der Waals surface area contributed by atoms with Crippen molar-refractivity contribution in [3.8, 4) is 0 Å². The highest BCUT2D eigenvalue weighted by molar-refractivity contribution is 5.42. The number of rotatable bonds is 3. The van der Waals surface area contributed by atoms with Crippen molar-refractivity contribution in [1.82, 2.24) is 9.97 Å². The molecule has 0 aliphatic carbocycles. The van der Waals surface area contributed by atoms with E-state index < -0.39 is 0 Å². The smallest absolute Gasteiger partial charge is 0.135 e. The SMILES string of the molecule is Cc1cc(N2CCCC2)nc(Cc2ccc(N)cc2)n1. The van der Waals surface area contributed by atoms with Crippen LogP contribution in [0.4, 0.5) is 11.5 Å². The zero-order chi connectivity index (χ0) is 13.9. The van der Waals surface area contributed by atoms with Gasteiger partial charge in [-0.1, -0.05) is 12.1 Å². The average molecular weight is 268 g/mol. The first kappa shape index (κ1) is 12.9. The molecule has 0 saturated carbocycles. The van der Waals surface area contributed by atoms with Crippen molar-refractivity contribution >= 4 is 11.5 Å². The summed E-state index contributed by atoms with van der Waals surface area (Å²) in [6.45, 7) is 4.25. The highest BCUT2D eigenvalue weighted by Crippen LogP contribution is 2.19. The average Bonchev–Trinajstić information content (AvgIpc) is 2.95. The van der Waals surface area contributed by atoms with Gasteiger partial charge in [-0.25, -0.2) is 9.97 Å². The molecule has 2 heterocycles. The Bertz CT molecular complexity index is 586. The quantitative estimate of drug-likeness (QED) is 0.869. The lowest BCUT2D eigenvalue weighted by molar-refractivity contribution is 0.877. The summed E-state index contributed by atoms with van der Waals surface area (Å²) in [4.78, 5) is 11.6. The van der Waals surface area contributed by atoms with Crippen LogP contribution in [0, 0.1) is 6.92 Å². The minimum Gasteiger partial charge on any atom is -0.399 e. The summed E-state index contributed by atoms with van der Waals surface area (Å²) in [6.07, 6.45) is 3.27. The number of hydrogen-bond acceptors (Lipinski definition) is 4. The Morgan fingerprint density at radius 1 is 1.10 bits per heavy atom. The van der Waals surface area contributed by atoms with Gasteiger partial charge in [-0.3, -0.25) is 0 Å². The van der Waals surface area contributed by atoms with E-state index in [4.69, 9.17) is 10.7 Å². The minimum absolute atomic E-state index is 0.753. The van der Waals surface area contributed by atoms with Crippen LogP contribution < -0.4 is 10.6 Å². The summed E-state index contributed by atoms with van der Waals surface area (Å²) in [5, 5.41) is 0. The predicted octanol–water partition coefficient (Wildman–Crippen LogP) is 2.56. The number of aromatic nitrogens is 2. The van der Waals surface area contributed by atoms with Gasteiger partial charge < -0.3 is 10.6 Å². The lowest BCUT2D eigenvalue weighted by Crippen LogP contribution is -2.20. The molecule has 20 heavy (non-hydrogen) atoms. The molecule has 1 aliphatic rings. The van der Waals surface area contributed by atoms with Crippen molar-refractivity contribution < 1.29 is 0 Å². The second-order valence-electron chi connectivity index (χ2n) is 5.40. The van der Waals surface area contributed by atoms with Crippen LogP contribution in [-0.4, -0.2) is 23.1 Å². The molecule has 0 atom stereocenters. The summed E-state index contributed by atoms with van der Waals surface area (Å²) in [7, 11) is 0. The number of aryl methyl sites for hydroxylation is 1. The third kappa shape index (κ3) is 2.90. The maximum Gasteiger partial charge on any atom is 0.135 e. The zero-order valence-electron chi connectivity index (χ0n) is 11.8. The number of nitrogens with two attached hydrogens (primary N) is 1. The van der Waals surface area contributed by atoms with Crippen molar-refractivity contribution in [2.45, 2.75) is 26.2 Å². The van der Waals surface area contributed by atoms with E-state index in [1.807, 2.05) is 31.2 Å². The van der Waals surface area contributed by atoms with E-state index in [1.165, 1.54) is 18.4 Å². The fraction of sp³-hybridized carbons (Fsp3) is 0.375. The fourth-order valence-electron chi connectivity index (χ4n) is 2.62. The lowest BCUT2D eigenvalue weighted by Gasteiger charge is -2.17. The molecule has 0 spiro atoms. The fourth-order valence-corrected chi connectivity index (χ4v) is 2.62. The van der Waals surface area contributed by atoms with Gasteiger partial charge in [0.1, 0.15) is 11.6 Å². The van der Waals surface area contributed by atoms with Gasteiger partial charge in [0.15, 0.2) is 0 Å². The summed E-state index contributed by atoms with van der Waals surface area (Å²) in [6, 6.07) is 10.0. The standard InChI is InChI=1S/C16H20N4/c1-12-10-16(20-8-2-3-9-20)19-15(18-12)11-13-4-6-14(17)7-5-13/h4-7,10H,2-3,8-9,11,17H2,1H3. The van der Waals surface area contributed by atoms with Crippen molar-refractivity contribution in [3.63, 3.8) is 0 Å². The molecule has 104 valence electrons. The molecular formula is C16H20N4. The van der Waals surface area contributed by atoms with Crippen LogP contribution in [-0.2, 0) is 6.42 Å². The summed E-state index contributed by atoms with van der Waals surface area (Å²) in [5.41, 5.74) is 8.73. The molecule has 2 N–H and O–H groups in total. The molecule has 3 rings (SSSR count). The van der Waals surface area contributed by atoms with Crippen LogP contribution in [0.25, 0.3) is 0 Å². The first-order chi connectivity index (χ1) is 9.70. The molecule has 0 radical (unpaired) electrons. The van der Waals surface area contributed by atoms with E-state index in [9.17, 15) is 0 Å². The van der Waals surface area contributed by atoms with Gasteiger partial charge in [0.25, 0.3) is 0 Å². The van der Waals surface area contributed by atoms with Crippen molar-refractivity contribution in [2.24, 2.45) is 0 Å². The molecule has 2 aromatic rings. The van der Waals surface area contributed by atoms with Gasteiger partial charge in [-0.15, -0.1) is 0 Å². The Hall–Kier alpha value is -2.10. The third-order valence-corrected chi connectivity index (χ3v) is 3.66. The number of hydrogen-bond donors (Lipinski definition) is 1. The van der Waals surface area contributed by atoms with Gasteiger partial charge in [-0.2, -0.15) is 0 Å². The maximum absolute atomic E-state index is 5.71. The van der Waals surface area contributed by atoms with Gasteiger partial charge in [0.05, 0.1) is 0 Å². The van der Waals surface area contributed by atoms with Crippen LogP contribution in [0.2, 0.25) is 0 Å². The molecule has 4 heteroatoms. The number of nitrogens with zero attached hydrogens (tertiary/aromatic N) is 3. The number of nitrogen functional groups attached to an aromatic ring is 1. The normalized spacial score (nSPS) is 14.8. The molecule has 0 amide bonds. The summed E-state index contributed by atoms with van der Waals surface area (Å²) in [5.74, 6) is 1.96. The molecule has 0 unspecified atom stereocenters. The van der Waals surface area contributed by atoms with E-state index in [-0.39, 0.29) is 0 Å². The monoisotopic (exact) mass is 268 g/mol. The van der Waals surface area contributed by atoms with Crippen LogP contribution >= 0.6 is 0 Å². The molecular weight excluding hydrogens is 248 g/mol. The Morgan fingerprint density at radius 2 is 1.80 bits per heavy atom. The summed E-state index contributed by atoms with van der Waals surface area (Å²) < 4.78 is 0. The number of anilines is 2. The van der Waals surface area contributed by atoms with E-state index >= 15 is 0 Å². The molecule has 0 bridgehead atoms. The van der Waals surface area contributed by atoms with E-state index in [0.29, 0.717) is 0 Å². The van der Waals surface area contributed by atoms with Gasteiger partial charge in [-0.05, 0) is 37.5 Å². The van der Waals surface area contributed by atoms with Crippen molar-refractivity contribution in [1.29, 1.82) is 0 Å². The zero-order valence-corrected chi connectivity index (χ0v) is 11.8. The van der Waals surface area contributed by atoms with Gasteiger partial charge >= 0.3 is 0 Å². The highest BCUT2D eigenvalue weighted by atomic mass is 15.2. The molecule has 4 nitrogen and oxygen atoms in total. The van der Waals surface area contributed by atoms with Crippen molar-refractivity contribution in [2.75, 3.05) is 23.7 Å². The third-order valence-electron chi connectivity index (χ3n) is 3.66. The van der Waals surface area contributed by atoms with Crippen LogP contribution in [0.3, 0.4) is 0 Å². The largest absolute Gasteiger partial charge is 0.399 e. The first-order valence-corrected chi connectivity index (χ1v) is 7.14. The Balaban J connectivity index is 1.83. The first-order valence-electron chi connectivity index (χ1n) is 7.14.